The van der Waals surface area contributed by atoms with Gasteiger partial charge in [0, 0.05) is 34.6 Å². The van der Waals surface area contributed by atoms with Gasteiger partial charge in [-0.1, -0.05) is 0 Å². The first-order valence-corrected chi connectivity index (χ1v) is 43.5. The highest BCUT2D eigenvalue weighted by Crippen LogP contribution is 2.42. The topological polar surface area (TPSA) is 926 Å². The Hall–Kier alpha value is -4.65. The van der Waals surface area contributed by atoms with Crippen LogP contribution < -0.4 is 26.6 Å². The number of carbonyl (C=O) groups excluding carboxylic acids is 5. The Kier molecular flexibility index (Phi) is 40.1. The molecule has 5 amide bonds. The van der Waals surface area contributed by atoms with Crippen LogP contribution >= 0.6 is 0 Å². The van der Waals surface area contributed by atoms with Crippen LogP contribution in [0.3, 0.4) is 0 Å². The number of nitrogens with one attached hydrogen (secondary N) is 5. The molecule has 0 radical (unpaired) electrons. The maximum atomic E-state index is 13.8. The number of aliphatic hydroxyl groups excluding tert-OH is 29. The fourth-order valence-electron chi connectivity index (χ4n) is 17.7. The van der Waals surface area contributed by atoms with Crippen LogP contribution in [-0.4, -0.2) is 581 Å². The normalized spacial score (nSPS) is 49.2. The van der Waals surface area contributed by atoms with Crippen LogP contribution in [0.15, 0.2) is 0 Å². The van der Waals surface area contributed by atoms with Crippen molar-refractivity contribution < 1.29 is 272 Å². The smallest absolute Gasteiger partial charge is 0.217 e. The van der Waals surface area contributed by atoms with E-state index in [1.807, 2.05) is 0 Å². The molecular formula is C76H127N5O55. The van der Waals surface area contributed by atoms with E-state index in [2.05, 4.69) is 26.6 Å². The van der Waals surface area contributed by atoms with Crippen molar-refractivity contribution >= 4 is 29.5 Å². The van der Waals surface area contributed by atoms with Gasteiger partial charge in [0.05, 0.1) is 72.2 Å². The van der Waals surface area contributed by atoms with E-state index in [1.54, 1.807) is 0 Å². The lowest BCUT2D eigenvalue weighted by Gasteiger charge is -2.52. The second-order valence-corrected chi connectivity index (χ2v) is 34.5. The SMILES string of the molecule is CC(=O)N[C@H]1[C@H](O[C@H]2[C@H](O)[C@@H](NC(C)=O)C(O)O[C@@H]2CO[C@@H]2O[C@@H](C)[C@@H](O)[C@@H](O)[C@@H]2O)O[C@H](CO)[C@@H](O[C@@H]2O[C@H](CO)[C@@H](O[C@@H]3O[C@H](CO[C@H]4O[C@H](CO)[C@@H](O)[C@H](O)[C@@H]4O[C@@H]4O[C@H](CO)[C@@H](O[C@@H]5O[C@H](CO)[C@H](O)[C@H](O)[C@H]5O)[C@H](O)[C@H]4NC(C)=O)[C@@H](O)[C@H](O[C@H]4O[C@H](CO)[C@@H](O)[C@H](O)[C@@H]4O[C@@H]4O[C@H](CO)[C@@H](O[C@@H]5O[C@H](CO)[C@H](O)[C@H](O)[C@H]5O)[C@H](O)[C@H]4NC(C)=O)[C@H]3NC(C)=O)[C@H](O)[C@@H]2O)[C@@H]1O. The van der Waals surface area contributed by atoms with E-state index in [0.717, 1.165) is 34.6 Å². The number of rotatable bonds is 35. The molecule has 60 heteroatoms. The first-order chi connectivity index (χ1) is 64.3. The summed E-state index contributed by atoms with van der Waals surface area (Å²) in [4.78, 5) is 65.4. The molecule has 11 heterocycles. The van der Waals surface area contributed by atoms with E-state index >= 15 is 0 Å². The molecule has 786 valence electrons. The molecule has 136 heavy (non-hydrogen) atoms. The van der Waals surface area contributed by atoms with Gasteiger partial charge in [-0.2, -0.15) is 0 Å². The minimum absolute atomic E-state index is 0.830. The van der Waals surface area contributed by atoms with Gasteiger partial charge in [0.1, 0.15) is 262 Å². The van der Waals surface area contributed by atoms with E-state index in [4.69, 9.17) is 99.5 Å². The highest BCUT2D eigenvalue weighted by atomic mass is 16.8. The number of aliphatic hydroxyl groups is 29. The summed E-state index contributed by atoms with van der Waals surface area (Å²) in [5.41, 5.74) is 0. The molecule has 11 saturated heterocycles. The predicted molar refractivity (Wildman–Crippen MR) is 419 cm³/mol. The first kappa shape index (κ1) is 112. The lowest BCUT2D eigenvalue weighted by atomic mass is 9.93. The fourth-order valence-corrected chi connectivity index (χ4v) is 17.7. The van der Waals surface area contributed by atoms with E-state index in [1.165, 1.54) is 6.92 Å². The summed E-state index contributed by atoms with van der Waals surface area (Å²) in [6, 6.07) is -9.85. The quantitative estimate of drug-likeness (QED) is 0.0280. The Bertz CT molecular complexity index is 3760. The summed E-state index contributed by atoms with van der Waals surface area (Å²) in [5.74, 6) is -4.85. The second-order valence-electron chi connectivity index (χ2n) is 34.5. The zero-order chi connectivity index (χ0) is 100. The molecule has 11 rings (SSSR count). The monoisotopic (exact) mass is 1990 g/mol. The maximum Gasteiger partial charge on any atom is 0.217 e. The van der Waals surface area contributed by atoms with E-state index < -0.39 is 433 Å². The number of carbonyl (C=O) groups is 5. The zero-order valence-electron chi connectivity index (χ0n) is 73.4. The summed E-state index contributed by atoms with van der Waals surface area (Å²) >= 11 is 0. The van der Waals surface area contributed by atoms with Crippen LogP contribution in [0.4, 0.5) is 0 Å². The minimum atomic E-state index is -2.55. The molecule has 1 unspecified atom stereocenters. The Morgan fingerprint density at radius 1 is 0.206 bits per heavy atom. The van der Waals surface area contributed by atoms with E-state index in [-0.39, 0.29) is 0 Å². The lowest BCUT2D eigenvalue weighted by molar-refractivity contribution is -0.393. The molecule has 0 aliphatic carbocycles. The zero-order valence-corrected chi connectivity index (χ0v) is 73.4. The Balaban J connectivity index is 0.912. The summed E-state index contributed by atoms with van der Waals surface area (Å²) in [7, 11) is 0. The Morgan fingerprint density at radius 2 is 0.449 bits per heavy atom. The number of amides is 5. The number of ether oxygens (including phenoxy) is 21. The van der Waals surface area contributed by atoms with Gasteiger partial charge in [-0.05, 0) is 6.92 Å². The van der Waals surface area contributed by atoms with Gasteiger partial charge in [-0.3, -0.25) is 24.0 Å². The van der Waals surface area contributed by atoms with Crippen LogP contribution in [0, 0.1) is 0 Å². The van der Waals surface area contributed by atoms with Crippen molar-refractivity contribution in [2.75, 3.05) is 66.1 Å². The van der Waals surface area contributed by atoms with Crippen LogP contribution in [0.5, 0.6) is 0 Å². The molecule has 0 aromatic carbocycles. The number of hydrogen-bond acceptors (Lipinski definition) is 55. The van der Waals surface area contributed by atoms with Crippen molar-refractivity contribution in [2.24, 2.45) is 0 Å². The summed E-state index contributed by atoms with van der Waals surface area (Å²) in [6.07, 6.45) is -104. The van der Waals surface area contributed by atoms with Gasteiger partial charge >= 0.3 is 0 Å². The Labute approximate surface area is 770 Å². The minimum Gasteiger partial charge on any atom is -0.394 e. The third-order valence-corrected chi connectivity index (χ3v) is 24.9. The van der Waals surface area contributed by atoms with Crippen LogP contribution in [0.25, 0.3) is 0 Å². The molecule has 11 fully saturated rings. The average Bonchev–Trinajstić information content (AvgIpc) is 0.763. The second kappa shape index (κ2) is 48.8. The third kappa shape index (κ3) is 24.8. The van der Waals surface area contributed by atoms with Crippen LogP contribution in [-0.2, 0) is 123 Å². The molecule has 60 nitrogen and oxygen atoms in total. The van der Waals surface area contributed by atoms with Gasteiger partial charge < -0.3 is 274 Å². The van der Waals surface area contributed by atoms with Crippen molar-refractivity contribution in [3.05, 3.63) is 0 Å². The maximum absolute atomic E-state index is 13.8. The van der Waals surface area contributed by atoms with Gasteiger partial charge in [-0.15, -0.1) is 0 Å². The Morgan fingerprint density at radius 3 is 0.838 bits per heavy atom. The van der Waals surface area contributed by atoms with Crippen LogP contribution in [0.2, 0.25) is 0 Å². The van der Waals surface area contributed by atoms with Gasteiger partial charge in [0.2, 0.25) is 29.5 Å². The van der Waals surface area contributed by atoms with Gasteiger partial charge in [0.25, 0.3) is 0 Å². The summed E-state index contributed by atoms with van der Waals surface area (Å²) in [5, 5.41) is 337. The van der Waals surface area contributed by atoms with E-state index in [9.17, 15) is 172 Å². The first-order valence-electron chi connectivity index (χ1n) is 43.5. The molecule has 0 bridgehead atoms. The van der Waals surface area contributed by atoms with E-state index in [0.29, 0.717) is 0 Å². The highest BCUT2D eigenvalue weighted by Gasteiger charge is 2.63. The lowest BCUT2D eigenvalue weighted by Crippen LogP contribution is -2.71. The molecule has 55 atom stereocenters. The van der Waals surface area contributed by atoms with Crippen molar-refractivity contribution in [1.82, 2.24) is 26.6 Å². The molecule has 34 N–H and O–H groups in total. The average molecular weight is 1990 g/mol. The molecule has 0 aromatic rings. The van der Waals surface area contributed by atoms with Crippen molar-refractivity contribution in [1.29, 1.82) is 0 Å². The summed E-state index contributed by atoms with van der Waals surface area (Å²) < 4.78 is 126. The number of hydrogen-bond donors (Lipinski definition) is 34. The van der Waals surface area contributed by atoms with Gasteiger partial charge in [-0.25, -0.2) is 0 Å². The molecule has 0 saturated carbocycles. The molecule has 0 spiro atoms. The highest BCUT2D eigenvalue weighted by molar-refractivity contribution is 5.75. The van der Waals surface area contributed by atoms with Crippen molar-refractivity contribution in [3.63, 3.8) is 0 Å². The van der Waals surface area contributed by atoms with Gasteiger partial charge in [0.15, 0.2) is 69.2 Å². The third-order valence-electron chi connectivity index (χ3n) is 24.9. The standard InChI is InChI=1S/C76H127N5O55/c1-17-38(95)48(105)54(111)71(118-17)116-16-32-62(44(101)33(66(115)119-32)77-18(2)90)130-67-34(78-19(3)91)45(102)60(27(11-86)124-67)133-74-57(114)53(110)61(30(14-89)127-74)129-70-37(81-22(6)94)63(134-76-65(52(109)42(99)26(10-85)123-76)136-69-36(80-21(5)93)47(104)59(29(13-88)126-69)132-73-56(113)50(107)40(97)24(8-83)121-73)43(100)31(128-70)15-117-75-64(51(108)41(98)25(9-84)122-75)135-68-35(79-20(4)92)46(103)58(28(12-87)125-68)131-72-55(112)49(106)39(96)23(7-82)120-72/h17,23-76,82-89,95-115H,7-16H2,1-6H3,(H,77,90)(H,78,91)(H,79,92)(H,80,93)(H,81,94)/t17-,23+,24+,25+,26+,27+,28+,29+,30+,31+,32+,33+,34+,35+,36+,37+,38+,39-,40-,41+,42+,43+,44+,45+,46+,47+,48+,49-,50-,51-,52-,53+,54-,55+,56+,57-,58+,59+,60+,61+,62+,63+,64-,65-,66?,67-,68-,69-,70-,71+,72-,73-,74-,75-,76+/m0/s1. The fraction of sp³-hybridized carbons (Fsp3) is 0.934. The summed E-state index contributed by atoms with van der Waals surface area (Å²) in [6.45, 7) is -5.35. The molecule has 11 aliphatic rings. The largest absolute Gasteiger partial charge is 0.394 e. The predicted octanol–water partition coefficient (Wildman–Crippen LogP) is -23.2. The molecule has 11 aliphatic heterocycles. The molecule has 0 aromatic heterocycles. The van der Waals surface area contributed by atoms with Crippen LogP contribution in [0.1, 0.15) is 41.5 Å². The van der Waals surface area contributed by atoms with Crippen molar-refractivity contribution in [3.8, 4) is 0 Å². The van der Waals surface area contributed by atoms with Crippen molar-refractivity contribution in [2.45, 2.75) is 379 Å². The molecular weight excluding hydrogens is 1860 g/mol.